The zero-order chi connectivity index (χ0) is 15.2. The Kier molecular flexibility index (Phi) is 9.07. The van der Waals surface area contributed by atoms with Gasteiger partial charge in [0.25, 0.3) is 5.91 Å². The van der Waals surface area contributed by atoms with Crippen LogP contribution in [0.5, 0.6) is 0 Å². The number of benzene rings is 1. The van der Waals surface area contributed by atoms with Crippen LogP contribution in [0.15, 0.2) is 42.6 Å². The molecule has 1 aromatic heterocycles. The van der Waals surface area contributed by atoms with Gasteiger partial charge in [0.2, 0.25) is 0 Å². The van der Waals surface area contributed by atoms with Gasteiger partial charge in [-0.3, -0.25) is 4.79 Å². The van der Waals surface area contributed by atoms with Crippen LogP contribution in [0.2, 0.25) is 0 Å². The van der Waals surface area contributed by atoms with Crippen LogP contribution in [-0.4, -0.2) is 24.0 Å². The number of carbonyl (C=O) groups excluding carboxylic acids is 1. The molecule has 0 aliphatic heterocycles. The lowest BCUT2D eigenvalue weighted by molar-refractivity contribution is 0.102. The predicted octanol–water partition coefficient (Wildman–Crippen LogP) is 3.61. The molecule has 0 saturated heterocycles. The molecule has 1 aromatic carbocycles. The van der Waals surface area contributed by atoms with E-state index < -0.39 is 0 Å². The number of pyridine rings is 1. The first kappa shape index (κ1) is 21.0. The minimum Gasteiger partial charge on any atom is -0.399 e. The number of amides is 1. The molecule has 0 atom stereocenters. The molecule has 3 N–H and O–H groups in total. The Bertz CT molecular complexity index is 616. The van der Waals surface area contributed by atoms with Gasteiger partial charge in [-0.15, -0.1) is 24.8 Å². The maximum atomic E-state index is 12.1. The van der Waals surface area contributed by atoms with Crippen molar-refractivity contribution in [3.05, 3.63) is 48.2 Å². The first-order valence-electron chi connectivity index (χ1n) is 7.02. The molecule has 0 spiro atoms. The predicted molar refractivity (Wildman–Crippen MR) is 101 cm³/mol. The van der Waals surface area contributed by atoms with Crippen LogP contribution in [0.25, 0.3) is 0 Å². The highest BCUT2D eigenvalue weighted by atomic mass is 35.5. The maximum absolute atomic E-state index is 12.1. The highest BCUT2D eigenvalue weighted by Gasteiger charge is 2.07. The second kappa shape index (κ2) is 9.92. The number of halogens is 2. The molecule has 0 bridgehead atoms. The van der Waals surface area contributed by atoms with Crippen molar-refractivity contribution in [2.75, 3.05) is 29.0 Å². The lowest BCUT2D eigenvalue weighted by Gasteiger charge is -2.19. The standard InChI is InChI=1S/C16H20N4O.2ClH/c1-3-20(4-2)15-9-8-14(11-18-15)19-16(21)12-6-5-7-13(17)10-12;;/h5-11H,3-4,17H2,1-2H3,(H,19,21);2*1H. The van der Waals surface area contributed by atoms with Gasteiger partial charge in [-0.25, -0.2) is 4.98 Å². The van der Waals surface area contributed by atoms with Gasteiger partial charge in [0, 0.05) is 24.3 Å². The summed E-state index contributed by atoms with van der Waals surface area (Å²) in [7, 11) is 0. The zero-order valence-electron chi connectivity index (χ0n) is 13.2. The molecule has 126 valence electrons. The average Bonchev–Trinajstić information content (AvgIpc) is 2.50. The van der Waals surface area contributed by atoms with E-state index in [2.05, 4.69) is 29.0 Å². The van der Waals surface area contributed by atoms with E-state index in [9.17, 15) is 4.79 Å². The topological polar surface area (TPSA) is 71.2 Å². The zero-order valence-corrected chi connectivity index (χ0v) is 14.8. The molecule has 0 fully saturated rings. The monoisotopic (exact) mass is 356 g/mol. The summed E-state index contributed by atoms with van der Waals surface area (Å²) >= 11 is 0. The molecule has 0 saturated carbocycles. The SMILES string of the molecule is CCN(CC)c1ccc(NC(=O)c2cccc(N)c2)cn1.Cl.Cl. The molecule has 2 rings (SSSR count). The minimum absolute atomic E-state index is 0. The molecule has 5 nitrogen and oxygen atoms in total. The third kappa shape index (κ3) is 5.62. The van der Waals surface area contributed by atoms with E-state index in [-0.39, 0.29) is 30.7 Å². The molecule has 0 aliphatic rings. The van der Waals surface area contributed by atoms with Crippen LogP contribution in [0, 0.1) is 0 Å². The van der Waals surface area contributed by atoms with Gasteiger partial charge in [-0.1, -0.05) is 6.07 Å². The van der Waals surface area contributed by atoms with Gasteiger partial charge in [0.1, 0.15) is 5.82 Å². The Hall–Kier alpha value is -1.98. The Balaban J connectivity index is 0.00000242. The number of nitrogens with one attached hydrogen (secondary N) is 1. The number of carbonyl (C=O) groups is 1. The number of aromatic nitrogens is 1. The van der Waals surface area contributed by atoms with E-state index >= 15 is 0 Å². The number of hydrogen-bond donors (Lipinski definition) is 2. The molecule has 0 radical (unpaired) electrons. The number of nitrogen functional groups attached to an aromatic ring is 1. The second-order valence-corrected chi connectivity index (χ2v) is 4.66. The summed E-state index contributed by atoms with van der Waals surface area (Å²) in [6.07, 6.45) is 1.66. The number of rotatable bonds is 5. The summed E-state index contributed by atoms with van der Waals surface area (Å²) in [6, 6.07) is 10.6. The first-order valence-corrected chi connectivity index (χ1v) is 7.02. The molecule has 7 heteroatoms. The van der Waals surface area contributed by atoms with Gasteiger partial charge in [0.05, 0.1) is 11.9 Å². The van der Waals surface area contributed by atoms with E-state index in [1.807, 2.05) is 12.1 Å². The lowest BCUT2D eigenvalue weighted by Crippen LogP contribution is -2.22. The Morgan fingerprint density at radius 1 is 1.17 bits per heavy atom. The normalized spacial score (nSPS) is 9.30. The third-order valence-electron chi connectivity index (χ3n) is 3.24. The summed E-state index contributed by atoms with van der Waals surface area (Å²) < 4.78 is 0. The summed E-state index contributed by atoms with van der Waals surface area (Å²) in [5.74, 6) is 0.710. The van der Waals surface area contributed by atoms with Crippen molar-refractivity contribution in [1.82, 2.24) is 4.98 Å². The van der Waals surface area contributed by atoms with Gasteiger partial charge in [0.15, 0.2) is 0 Å². The molecule has 23 heavy (non-hydrogen) atoms. The number of hydrogen-bond acceptors (Lipinski definition) is 4. The summed E-state index contributed by atoms with van der Waals surface area (Å²) in [5.41, 5.74) is 7.44. The lowest BCUT2D eigenvalue weighted by atomic mass is 10.2. The minimum atomic E-state index is -0.195. The van der Waals surface area contributed by atoms with E-state index in [4.69, 9.17) is 5.73 Å². The Labute approximate surface area is 149 Å². The number of nitrogens with zero attached hydrogens (tertiary/aromatic N) is 2. The van der Waals surface area contributed by atoms with Crippen molar-refractivity contribution in [2.24, 2.45) is 0 Å². The fourth-order valence-electron chi connectivity index (χ4n) is 2.08. The van der Waals surface area contributed by atoms with Crippen LogP contribution in [0.3, 0.4) is 0 Å². The van der Waals surface area contributed by atoms with E-state index in [0.29, 0.717) is 16.9 Å². The molecule has 1 heterocycles. The molecule has 0 aliphatic carbocycles. The first-order chi connectivity index (χ1) is 10.1. The van der Waals surface area contributed by atoms with E-state index in [1.165, 1.54) is 0 Å². The number of nitrogens with two attached hydrogens (primary N) is 1. The average molecular weight is 357 g/mol. The van der Waals surface area contributed by atoms with Crippen LogP contribution >= 0.6 is 24.8 Å². The van der Waals surface area contributed by atoms with Gasteiger partial charge >= 0.3 is 0 Å². The van der Waals surface area contributed by atoms with Crippen molar-refractivity contribution >= 4 is 47.9 Å². The largest absolute Gasteiger partial charge is 0.399 e. The van der Waals surface area contributed by atoms with Crippen molar-refractivity contribution < 1.29 is 4.79 Å². The van der Waals surface area contributed by atoms with Crippen molar-refractivity contribution in [2.45, 2.75) is 13.8 Å². The maximum Gasteiger partial charge on any atom is 0.255 e. The summed E-state index contributed by atoms with van der Waals surface area (Å²) in [5, 5.41) is 2.81. The molecule has 1 amide bonds. The fourth-order valence-corrected chi connectivity index (χ4v) is 2.08. The van der Waals surface area contributed by atoms with Crippen molar-refractivity contribution in [3.63, 3.8) is 0 Å². The molecular weight excluding hydrogens is 335 g/mol. The molecule has 0 unspecified atom stereocenters. The van der Waals surface area contributed by atoms with Crippen LogP contribution in [0.1, 0.15) is 24.2 Å². The van der Waals surface area contributed by atoms with E-state index in [0.717, 1.165) is 18.9 Å². The second-order valence-electron chi connectivity index (χ2n) is 4.66. The van der Waals surface area contributed by atoms with Gasteiger partial charge in [-0.05, 0) is 44.2 Å². The third-order valence-corrected chi connectivity index (χ3v) is 3.24. The van der Waals surface area contributed by atoms with Gasteiger partial charge < -0.3 is 16.0 Å². The Morgan fingerprint density at radius 2 is 1.87 bits per heavy atom. The van der Waals surface area contributed by atoms with Crippen molar-refractivity contribution in [1.29, 1.82) is 0 Å². The smallest absolute Gasteiger partial charge is 0.255 e. The summed E-state index contributed by atoms with van der Waals surface area (Å²) in [4.78, 5) is 18.6. The molecular formula is C16H22Cl2N4O. The van der Waals surface area contributed by atoms with Crippen molar-refractivity contribution in [3.8, 4) is 0 Å². The molecule has 2 aromatic rings. The van der Waals surface area contributed by atoms with Crippen LogP contribution in [0.4, 0.5) is 17.2 Å². The quantitative estimate of drug-likeness (QED) is 0.802. The van der Waals surface area contributed by atoms with E-state index in [1.54, 1.807) is 30.5 Å². The highest BCUT2D eigenvalue weighted by Crippen LogP contribution is 2.15. The Morgan fingerprint density at radius 3 is 2.39 bits per heavy atom. The number of anilines is 3. The van der Waals surface area contributed by atoms with Crippen LogP contribution < -0.4 is 16.0 Å². The van der Waals surface area contributed by atoms with Crippen LogP contribution in [-0.2, 0) is 0 Å². The van der Waals surface area contributed by atoms with Gasteiger partial charge in [-0.2, -0.15) is 0 Å². The summed E-state index contributed by atoms with van der Waals surface area (Å²) in [6.45, 7) is 5.97. The highest BCUT2D eigenvalue weighted by molar-refractivity contribution is 6.04. The fraction of sp³-hybridized carbons (Fsp3) is 0.250.